The van der Waals surface area contributed by atoms with Gasteiger partial charge in [0.25, 0.3) is 0 Å². The number of carbonyl (C=O) groups excluding carboxylic acids is 1. The molecule has 0 aliphatic carbocycles. The number of para-hydroxylation sites is 1. The van der Waals surface area contributed by atoms with Crippen LogP contribution in [-0.2, 0) is 17.8 Å². The highest BCUT2D eigenvalue weighted by Crippen LogP contribution is 2.42. The van der Waals surface area contributed by atoms with E-state index in [4.69, 9.17) is 4.74 Å². The van der Waals surface area contributed by atoms with Crippen LogP contribution < -0.4 is 4.74 Å². The number of aryl methyl sites for hydroxylation is 3. The standard InChI is InChI=1S/C24H23NO2S/c1-16-15-21(27-17(2)26)24(28-3)23-22(16)19-11-7-8-12-20(19)25(23)14-13-18-9-5-4-6-10-18/h4-12,15H,13-14H2,1-3H3. The van der Waals surface area contributed by atoms with Crippen molar-refractivity contribution in [2.24, 2.45) is 0 Å². The molecule has 0 bridgehead atoms. The van der Waals surface area contributed by atoms with Crippen LogP contribution in [0.2, 0.25) is 0 Å². The number of hydrogen-bond acceptors (Lipinski definition) is 3. The highest BCUT2D eigenvalue weighted by atomic mass is 32.2. The third kappa shape index (κ3) is 3.29. The topological polar surface area (TPSA) is 31.2 Å². The highest BCUT2D eigenvalue weighted by molar-refractivity contribution is 7.99. The number of carbonyl (C=O) groups is 1. The van der Waals surface area contributed by atoms with E-state index < -0.39 is 0 Å². The molecule has 0 spiro atoms. The molecule has 3 nitrogen and oxygen atoms in total. The molecule has 0 fully saturated rings. The summed E-state index contributed by atoms with van der Waals surface area (Å²) in [4.78, 5) is 12.7. The van der Waals surface area contributed by atoms with Gasteiger partial charge in [-0.2, -0.15) is 0 Å². The van der Waals surface area contributed by atoms with Crippen LogP contribution in [0.5, 0.6) is 5.75 Å². The van der Waals surface area contributed by atoms with E-state index in [1.807, 2.05) is 18.4 Å². The summed E-state index contributed by atoms with van der Waals surface area (Å²) in [5.74, 6) is 0.356. The predicted octanol–water partition coefficient (Wildman–Crippen LogP) is 5.99. The van der Waals surface area contributed by atoms with Crippen molar-refractivity contribution in [3.05, 3.63) is 71.8 Å². The quantitative estimate of drug-likeness (QED) is 0.239. The molecule has 0 atom stereocenters. The lowest BCUT2D eigenvalue weighted by Gasteiger charge is -2.14. The summed E-state index contributed by atoms with van der Waals surface area (Å²) in [5, 5.41) is 2.48. The lowest BCUT2D eigenvalue weighted by Crippen LogP contribution is -2.05. The highest BCUT2D eigenvalue weighted by Gasteiger charge is 2.20. The summed E-state index contributed by atoms with van der Waals surface area (Å²) in [6.45, 7) is 4.41. The van der Waals surface area contributed by atoms with Crippen LogP contribution >= 0.6 is 11.8 Å². The van der Waals surface area contributed by atoms with Gasteiger partial charge in [0.1, 0.15) is 5.75 Å². The molecule has 28 heavy (non-hydrogen) atoms. The van der Waals surface area contributed by atoms with Crippen LogP contribution in [-0.4, -0.2) is 16.8 Å². The monoisotopic (exact) mass is 389 g/mol. The molecular weight excluding hydrogens is 366 g/mol. The van der Waals surface area contributed by atoms with Crippen molar-refractivity contribution in [1.29, 1.82) is 0 Å². The number of ether oxygens (including phenoxy) is 1. The SMILES string of the molecule is CSc1c(OC(C)=O)cc(C)c2c3ccccc3n(CCc3ccccc3)c12. The summed E-state index contributed by atoms with van der Waals surface area (Å²) < 4.78 is 7.94. The normalized spacial score (nSPS) is 11.2. The van der Waals surface area contributed by atoms with E-state index in [1.54, 1.807) is 11.8 Å². The zero-order valence-electron chi connectivity index (χ0n) is 16.4. The fourth-order valence-corrected chi connectivity index (χ4v) is 4.64. The van der Waals surface area contributed by atoms with E-state index in [1.165, 1.54) is 28.8 Å². The third-order valence-corrected chi connectivity index (χ3v) is 5.88. The number of hydrogen-bond donors (Lipinski definition) is 0. The average Bonchev–Trinajstić information content (AvgIpc) is 3.02. The Balaban J connectivity index is 1.97. The van der Waals surface area contributed by atoms with Gasteiger partial charge in [0.05, 0.1) is 10.4 Å². The van der Waals surface area contributed by atoms with Gasteiger partial charge < -0.3 is 9.30 Å². The Morgan fingerprint density at radius 2 is 1.79 bits per heavy atom. The lowest BCUT2D eigenvalue weighted by atomic mass is 10.1. The fraction of sp³-hybridized carbons (Fsp3) is 0.208. The minimum Gasteiger partial charge on any atom is -0.425 e. The van der Waals surface area contributed by atoms with Crippen molar-refractivity contribution in [3.8, 4) is 5.75 Å². The maximum absolute atomic E-state index is 11.7. The molecule has 0 amide bonds. The number of benzene rings is 3. The van der Waals surface area contributed by atoms with Crippen molar-refractivity contribution in [2.75, 3.05) is 6.26 Å². The van der Waals surface area contributed by atoms with Crippen LogP contribution in [0.25, 0.3) is 21.8 Å². The molecule has 0 unspecified atom stereocenters. The molecule has 0 radical (unpaired) electrons. The number of thioether (sulfide) groups is 1. The molecule has 0 N–H and O–H groups in total. The molecule has 1 heterocycles. The van der Waals surface area contributed by atoms with Gasteiger partial charge in [0, 0.05) is 29.8 Å². The van der Waals surface area contributed by atoms with Crippen LogP contribution in [0.3, 0.4) is 0 Å². The van der Waals surface area contributed by atoms with Crippen molar-refractivity contribution >= 4 is 39.5 Å². The summed E-state index contributed by atoms with van der Waals surface area (Å²) in [7, 11) is 0. The molecular formula is C24H23NO2S. The summed E-state index contributed by atoms with van der Waals surface area (Å²) in [5.41, 5.74) is 4.80. The molecule has 142 valence electrons. The zero-order chi connectivity index (χ0) is 19.7. The number of aromatic nitrogens is 1. The zero-order valence-corrected chi connectivity index (χ0v) is 17.2. The van der Waals surface area contributed by atoms with Gasteiger partial charge in [-0.1, -0.05) is 48.5 Å². The number of nitrogens with zero attached hydrogens (tertiary/aromatic N) is 1. The van der Waals surface area contributed by atoms with Crippen LogP contribution in [0.15, 0.2) is 65.6 Å². The number of esters is 1. The van der Waals surface area contributed by atoms with Crippen molar-refractivity contribution < 1.29 is 9.53 Å². The van der Waals surface area contributed by atoms with E-state index in [-0.39, 0.29) is 5.97 Å². The molecule has 1 aromatic heterocycles. The molecule has 0 aliphatic heterocycles. The summed E-state index contributed by atoms with van der Waals surface area (Å²) in [6, 6.07) is 21.1. The minimum atomic E-state index is -0.291. The van der Waals surface area contributed by atoms with E-state index in [2.05, 4.69) is 60.0 Å². The third-order valence-electron chi connectivity index (χ3n) is 5.08. The Hall–Kier alpha value is -2.72. The second-order valence-electron chi connectivity index (χ2n) is 6.95. The molecule has 0 aliphatic rings. The minimum absolute atomic E-state index is 0.291. The predicted molar refractivity (Wildman–Crippen MR) is 117 cm³/mol. The Bertz CT molecular complexity index is 1160. The Kier molecular flexibility index (Phi) is 5.14. The largest absolute Gasteiger partial charge is 0.425 e. The maximum atomic E-state index is 11.7. The molecule has 4 aromatic rings. The van der Waals surface area contributed by atoms with Crippen LogP contribution in [0.1, 0.15) is 18.1 Å². The second kappa shape index (κ2) is 7.72. The smallest absolute Gasteiger partial charge is 0.308 e. The first kappa shape index (κ1) is 18.6. The van der Waals surface area contributed by atoms with Gasteiger partial charge in [0.15, 0.2) is 0 Å². The second-order valence-corrected chi connectivity index (χ2v) is 7.76. The molecule has 0 saturated carbocycles. The van der Waals surface area contributed by atoms with Gasteiger partial charge in [-0.15, -0.1) is 11.8 Å². The van der Waals surface area contributed by atoms with E-state index in [0.717, 1.165) is 28.9 Å². The van der Waals surface area contributed by atoms with Gasteiger partial charge in [-0.05, 0) is 42.9 Å². The van der Waals surface area contributed by atoms with Crippen molar-refractivity contribution in [3.63, 3.8) is 0 Å². The van der Waals surface area contributed by atoms with Gasteiger partial charge >= 0.3 is 5.97 Å². The van der Waals surface area contributed by atoms with Gasteiger partial charge in [0.2, 0.25) is 0 Å². The fourth-order valence-electron chi connectivity index (χ4n) is 3.94. The van der Waals surface area contributed by atoms with Crippen molar-refractivity contribution in [2.45, 2.75) is 31.7 Å². The molecule has 4 rings (SSSR count). The maximum Gasteiger partial charge on any atom is 0.308 e. The molecule has 4 heteroatoms. The van der Waals surface area contributed by atoms with E-state index in [0.29, 0.717) is 5.75 Å². The summed E-state index contributed by atoms with van der Waals surface area (Å²) in [6.07, 6.45) is 2.98. The number of fused-ring (bicyclic) bond motifs is 3. The Morgan fingerprint density at radius 3 is 2.50 bits per heavy atom. The molecule has 3 aromatic carbocycles. The lowest BCUT2D eigenvalue weighted by molar-refractivity contribution is -0.132. The Labute approximate surface area is 169 Å². The van der Waals surface area contributed by atoms with Crippen LogP contribution in [0, 0.1) is 6.92 Å². The first-order valence-corrected chi connectivity index (χ1v) is 10.6. The van der Waals surface area contributed by atoms with E-state index in [9.17, 15) is 4.79 Å². The summed E-state index contributed by atoms with van der Waals surface area (Å²) >= 11 is 1.63. The first-order valence-electron chi connectivity index (χ1n) is 9.41. The van der Waals surface area contributed by atoms with Crippen LogP contribution in [0.4, 0.5) is 0 Å². The average molecular weight is 390 g/mol. The molecule has 0 saturated heterocycles. The number of rotatable bonds is 5. The van der Waals surface area contributed by atoms with Gasteiger partial charge in [-0.25, -0.2) is 0 Å². The first-order chi connectivity index (χ1) is 13.6. The van der Waals surface area contributed by atoms with Crippen molar-refractivity contribution in [1.82, 2.24) is 4.57 Å². The Morgan fingerprint density at radius 1 is 1.07 bits per heavy atom. The van der Waals surface area contributed by atoms with Gasteiger partial charge in [-0.3, -0.25) is 4.79 Å². The van der Waals surface area contributed by atoms with E-state index >= 15 is 0 Å².